The Labute approximate surface area is 121 Å². The maximum atomic E-state index is 5.23. The number of rotatable bonds is 6. The number of nitrogens with zero attached hydrogens (tertiary/aromatic N) is 1. The van der Waals surface area contributed by atoms with Crippen LogP contribution in [0.1, 0.15) is 11.1 Å². The first-order valence-corrected chi connectivity index (χ1v) is 6.78. The van der Waals surface area contributed by atoms with E-state index in [9.17, 15) is 0 Å². The molecule has 20 heavy (non-hydrogen) atoms. The van der Waals surface area contributed by atoms with E-state index in [1.165, 1.54) is 11.1 Å². The molecule has 2 aromatic rings. The second-order valence-electron chi connectivity index (χ2n) is 5.14. The van der Waals surface area contributed by atoms with Crippen molar-refractivity contribution in [1.29, 1.82) is 0 Å². The summed E-state index contributed by atoms with van der Waals surface area (Å²) < 4.78 is 5.23. The molecule has 1 N–H and O–H groups in total. The molecular formula is C17H22N2O. The zero-order valence-electron chi connectivity index (χ0n) is 12.4. The first-order valence-electron chi connectivity index (χ1n) is 6.78. The maximum Gasteiger partial charge on any atom is 0.119 e. The molecule has 0 aromatic heterocycles. The van der Waals surface area contributed by atoms with Crippen LogP contribution in [-0.4, -0.2) is 26.1 Å². The molecule has 0 fully saturated rings. The fourth-order valence-corrected chi connectivity index (χ4v) is 2.08. The van der Waals surface area contributed by atoms with E-state index < -0.39 is 0 Å². The number of hydrogen-bond donors (Lipinski definition) is 1. The number of hydrogen-bond acceptors (Lipinski definition) is 3. The lowest BCUT2D eigenvalue weighted by molar-refractivity contribution is 0.402. The van der Waals surface area contributed by atoms with Crippen molar-refractivity contribution in [3.8, 4) is 5.75 Å². The van der Waals surface area contributed by atoms with Crippen molar-refractivity contribution in [2.24, 2.45) is 0 Å². The van der Waals surface area contributed by atoms with Crippen LogP contribution in [0.2, 0.25) is 0 Å². The Morgan fingerprint density at radius 3 is 2.40 bits per heavy atom. The van der Waals surface area contributed by atoms with Gasteiger partial charge >= 0.3 is 0 Å². The minimum absolute atomic E-state index is 0.796. The van der Waals surface area contributed by atoms with E-state index in [0.29, 0.717) is 0 Å². The van der Waals surface area contributed by atoms with Crippen LogP contribution >= 0.6 is 0 Å². The molecule has 3 heteroatoms. The van der Waals surface area contributed by atoms with Gasteiger partial charge in [-0.1, -0.05) is 24.3 Å². The minimum Gasteiger partial charge on any atom is -0.497 e. The molecule has 0 unspecified atom stereocenters. The average molecular weight is 270 g/mol. The van der Waals surface area contributed by atoms with Gasteiger partial charge < -0.3 is 15.0 Å². The molecule has 0 spiro atoms. The maximum absolute atomic E-state index is 5.23. The third-order valence-corrected chi connectivity index (χ3v) is 3.08. The molecule has 106 valence electrons. The van der Waals surface area contributed by atoms with Gasteiger partial charge in [-0.05, 0) is 49.5 Å². The molecule has 0 amide bonds. The predicted molar refractivity (Wildman–Crippen MR) is 84.2 cm³/mol. The van der Waals surface area contributed by atoms with Crippen LogP contribution < -0.4 is 10.1 Å². The monoisotopic (exact) mass is 270 g/mol. The van der Waals surface area contributed by atoms with Gasteiger partial charge in [0, 0.05) is 18.8 Å². The fourth-order valence-electron chi connectivity index (χ4n) is 2.08. The average Bonchev–Trinajstić information content (AvgIpc) is 2.46. The molecule has 0 aliphatic rings. The van der Waals surface area contributed by atoms with E-state index in [0.717, 1.165) is 24.5 Å². The van der Waals surface area contributed by atoms with Crippen molar-refractivity contribution in [2.75, 3.05) is 26.5 Å². The molecular weight excluding hydrogens is 248 g/mol. The second-order valence-corrected chi connectivity index (χ2v) is 5.14. The standard InChI is InChI=1S/C17H22N2O/c1-19(2)13-14-7-9-16(10-8-14)18-12-15-5-4-6-17(11-15)20-3/h4-11,18H,12-13H2,1-3H3. The van der Waals surface area contributed by atoms with E-state index in [1.807, 2.05) is 18.2 Å². The molecule has 2 rings (SSSR count). The molecule has 0 aliphatic heterocycles. The van der Waals surface area contributed by atoms with E-state index in [-0.39, 0.29) is 0 Å². The van der Waals surface area contributed by atoms with Gasteiger partial charge in [-0.3, -0.25) is 0 Å². The van der Waals surface area contributed by atoms with Crippen LogP contribution in [0.5, 0.6) is 5.75 Å². The number of methoxy groups -OCH3 is 1. The molecule has 0 heterocycles. The van der Waals surface area contributed by atoms with Crippen molar-refractivity contribution in [3.05, 3.63) is 59.7 Å². The predicted octanol–water partition coefficient (Wildman–Crippen LogP) is 3.37. The summed E-state index contributed by atoms with van der Waals surface area (Å²) in [5.41, 5.74) is 3.67. The quantitative estimate of drug-likeness (QED) is 0.871. The van der Waals surface area contributed by atoms with Crippen molar-refractivity contribution in [2.45, 2.75) is 13.1 Å². The van der Waals surface area contributed by atoms with Crippen molar-refractivity contribution >= 4 is 5.69 Å². The smallest absolute Gasteiger partial charge is 0.119 e. The fraction of sp³-hybridized carbons (Fsp3) is 0.294. The van der Waals surface area contributed by atoms with Gasteiger partial charge in [-0.25, -0.2) is 0 Å². The van der Waals surface area contributed by atoms with Gasteiger partial charge in [0.2, 0.25) is 0 Å². The Hall–Kier alpha value is -2.00. The summed E-state index contributed by atoms with van der Waals surface area (Å²) >= 11 is 0. The van der Waals surface area contributed by atoms with E-state index >= 15 is 0 Å². The summed E-state index contributed by atoms with van der Waals surface area (Å²) in [5, 5.41) is 3.42. The molecule has 0 saturated carbocycles. The van der Waals surface area contributed by atoms with Gasteiger partial charge in [0.25, 0.3) is 0 Å². The third kappa shape index (κ3) is 4.28. The summed E-state index contributed by atoms with van der Waals surface area (Å²) in [6.45, 7) is 1.76. The van der Waals surface area contributed by atoms with Gasteiger partial charge in [0.15, 0.2) is 0 Å². The van der Waals surface area contributed by atoms with Crippen molar-refractivity contribution < 1.29 is 4.74 Å². The van der Waals surface area contributed by atoms with E-state index in [4.69, 9.17) is 4.74 Å². The number of nitrogens with one attached hydrogen (secondary N) is 1. The third-order valence-electron chi connectivity index (χ3n) is 3.08. The van der Waals surface area contributed by atoms with Gasteiger partial charge in [0.05, 0.1) is 7.11 Å². The molecule has 0 saturated heterocycles. The molecule has 0 aliphatic carbocycles. The first kappa shape index (κ1) is 14.4. The highest BCUT2D eigenvalue weighted by Crippen LogP contribution is 2.15. The van der Waals surface area contributed by atoms with Gasteiger partial charge in [0.1, 0.15) is 5.75 Å². The molecule has 0 bridgehead atoms. The highest BCUT2D eigenvalue weighted by Gasteiger charge is 1.98. The summed E-state index contributed by atoms with van der Waals surface area (Å²) in [5.74, 6) is 0.894. The zero-order valence-corrected chi connectivity index (χ0v) is 12.4. The van der Waals surface area contributed by atoms with E-state index in [1.54, 1.807) is 7.11 Å². The van der Waals surface area contributed by atoms with Crippen LogP contribution in [0.3, 0.4) is 0 Å². The Bertz CT molecular complexity index is 535. The van der Waals surface area contributed by atoms with Crippen molar-refractivity contribution in [1.82, 2.24) is 4.90 Å². The van der Waals surface area contributed by atoms with Crippen LogP contribution in [0.4, 0.5) is 5.69 Å². The Kier molecular flexibility index (Phi) is 5.02. The highest BCUT2D eigenvalue weighted by atomic mass is 16.5. The SMILES string of the molecule is COc1cccc(CNc2ccc(CN(C)C)cc2)c1. The normalized spacial score (nSPS) is 10.6. The lowest BCUT2D eigenvalue weighted by Crippen LogP contribution is -2.10. The largest absolute Gasteiger partial charge is 0.497 e. The Balaban J connectivity index is 1.93. The van der Waals surface area contributed by atoms with Crippen LogP contribution in [0.25, 0.3) is 0 Å². The summed E-state index contributed by atoms with van der Waals surface area (Å²) in [6.07, 6.45) is 0. The molecule has 3 nitrogen and oxygen atoms in total. The topological polar surface area (TPSA) is 24.5 Å². The molecule has 0 radical (unpaired) electrons. The van der Waals surface area contributed by atoms with Crippen LogP contribution in [0.15, 0.2) is 48.5 Å². The van der Waals surface area contributed by atoms with Crippen LogP contribution in [0, 0.1) is 0 Å². The minimum atomic E-state index is 0.796. The van der Waals surface area contributed by atoms with Gasteiger partial charge in [-0.2, -0.15) is 0 Å². The Morgan fingerprint density at radius 2 is 1.75 bits per heavy atom. The lowest BCUT2D eigenvalue weighted by Gasteiger charge is -2.11. The second kappa shape index (κ2) is 6.96. The molecule has 0 atom stereocenters. The number of ether oxygens (including phenoxy) is 1. The first-order chi connectivity index (χ1) is 9.67. The molecule has 2 aromatic carbocycles. The Morgan fingerprint density at radius 1 is 1.00 bits per heavy atom. The summed E-state index contributed by atoms with van der Waals surface area (Å²) in [7, 11) is 5.85. The summed E-state index contributed by atoms with van der Waals surface area (Å²) in [6, 6.07) is 16.7. The number of anilines is 1. The van der Waals surface area contributed by atoms with Crippen LogP contribution in [-0.2, 0) is 13.1 Å². The van der Waals surface area contributed by atoms with Crippen molar-refractivity contribution in [3.63, 3.8) is 0 Å². The summed E-state index contributed by atoms with van der Waals surface area (Å²) in [4.78, 5) is 2.17. The number of benzene rings is 2. The van der Waals surface area contributed by atoms with E-state index in [2.05, 4.69) is 54.6 Å². The van der Waals surface area contributed by atoms with Gasteiger partial charge in [-0.15, -0.1) is 0 Å². The zero-order chi connectivity index (χ0) is 14.4. The highest BCUT2D eigenvalue weighted by molar-refractivity contribution is 5.45. The lowest BCUT2D eigenvalue weighted by atomic mass is 10.2.